The molecule has 2 rings (SSSR count). The largest absolute Gasteiger partial charge is 0.384 e. The molecule has 2 aromatic rings. The quantitative estimate of drug-likeness (QED) is 0.874. The van der Waals surface area contributed by atoms with Gasteiger partial charge in [0.05, 0.1) is 0 Å². The van der Waals surface area contributed by atoms with Crippen LogP contribution in [-0.2, 0) is 0 Å². The molecule has 0 aliphatic heterocycles. The van der Waals surface area contributed by atoms with Crippen LogP contribution in [0.25, 0.3) is 11.4 Å². The molecule has 0 radical (unpaired) electrons. The molecular formula is C13H16N4. The van der Waals surface area contributed by atoms with Gasteiger partial charge in [-0.05, 0) is 6.92 Å². The summed E-state index contributed by atoms with van der Waals surface area (Å²) in [5, 5.41) is 0. The number of nitrogens with two attached hydrogens (primary N) is 1. The van der Waals surface area contributed by atoms with Gasteiger partial charge in [-0.2, -0.15) is 0 Å². The topological polar surface area (TPSA) is 55.0 Å². The van der Waals surface area contributed by atoms with Crippen molar-refractivity contribution in [2.24, 2.45) is 0 Å². The van der Waals surface area contributed by atoms with Gasteiger partial charge >= 0.3 is 0 Å². The first kappa shape index (κ1) is 11.4. The normalized spacial score (nSPS) is 10.2. The lowest BCUT2D eigenvalue weighted by Crippen LogP contribution is -2.18. The lowest BCUT2D eigenvalue weighted by Gasteiger charge is -2.16. The lowest BCUT2D eigenvalue weighted by molar-refractivity contribution is 0.932. The van der Waals surface area contributed by atoms with Crippen molar-refractivity contribution in [3.63, 3.8) is 0 Å². The van der Waals surface area contributed by atoms with Crippen LogP contribution in [0.2, 0.25) is 0 Å². The Bertz CT molecular complexity index is 496. The van der Waals surface area contributed by atoms with E-state index in [2.05, 4.69) is 16.9 Å². The summed E-state index contributed by atoms with van der Waals surface area (Å²) in [6, 6.07) is 11.6. The Morgan fingerprint density at radius 2 is 1.88 bits per heavy atom. The Kier molecular flexibility index (Phi) is 3.23. The van der Waals surface area contributed by atoms with E-state index in [1.165, 1.54) is 0 Å². The molecule has 0 fully saturated rings. The number of aromatic nitrogens is 2. The van der Waals surface area contributed by atoms with Crippen molar-refractivity contribution in [2.45, 2.75) is 6.92 Å². The molecule has 0 unspecified atom stereocenters. The predicted octanol–water partition coefficient (Wildman–Crippen LogP) is 2.18. The minimum atomic E-state index is 0.495. The van der Waals surface area contributed by atoms with E-state index in [4.69, 9.17) is 5.73 Å². The van der Waals surface area contributed by atoms with Crippen LogP contribution >= 0.6 is 0 Å². The van der Waals surface area contributed by atoms with Crippen LogP contribution in [0.4, 0.5) is 11.6 Å². The van der Waals surface area contributed by atoms with E-state index in [0.717, 1.165) is 17.9 Å². The van der Waals surface area contributed by atoms with Crippen molar-refractivity contribution in [1.82, 2.24) is 9.97 Å². The Balaban J connectivity index is 2.45. The van der Waals surface area contributed by atoms with Gasteiger partial charge in [-0.15, -0.1) is 0 Å². The molecule has 1 heterocycles. The van der Waals surface area contributed by atoms with Crippen LogP contribution in [0.3, 0.4) is 0 Å². The van der Waals surface area contributed by atoms with E-state index in [0.29, 0.717) is 11.6 Å². The highest BCUT2D eigenvalue weighted by molar-refractivity contribution is 5.60. The van der Waals surface area contributed by atoms with Crippen LogP contribution in [-0.4, -0.2) is 23.6 Å². The summed E-state index contributed by atoms with van der Waals surface area (Å²) in [5.41, 5.74) is 6.79. The molecule has 0 atom stereocenters. The average Bonchev–Trinajstić information content (AvgIpc) is 2.38. The van der Waals surface area contributed by atoms with Crippen molar-refractivity contribution in [3.05, 3.63) is 36.4 Å². The van der Waals surface area contributed by atoms with E-state index < -0.39 is 0 Å². The fourth-order valence-electron chi connectivity index (χ4n) is 1.53. The van der Waals surface area contributed by atoms with Crippen molar-refractivity contribution in [2.75, 3.05) is 24.2 Å². The molecule has 0 saturated heterocycles. The van der Waals surface area contributed by atoms with Crippen LogP contribution in [0, 0.1) is 0 Å². The third-order valence-corrected chi connectivity index (χ3v) is 2.63. The molecule has 0 amide bonds. The maximum atomic E-state index is 5.81. The highest BCUT2D eigenvalue weighted by atomic mass is 15.2. The summed E-state index contributed by atoms with van der Waals surface area (Å²) in [6.07, 6.45) is 0. The maximum Gasteiger partial charge on any atom is 0.163 e. The molecule has 88 valence electrons. The Labute approximate surface area is 101 Å². The van der Waals surface area contributed by atoms with Gasteiger partial charge in [0.15, 0.2) is 5.82 Å². The van der Waals surface area contributed by atoms with Gasteiger partial charge in [0.25, 0.3) is 0 Å². The van der Waals surface area contributed by atoms with Crippen LogP contribution < -0.4 is 10.6 Å². The number of rotatable bonds is 3. The lowest BCUT2D eigenvalue weighted by atomic mass is 10.2. The number of hydrogen-bond acceptors (Lipinski definition) is 4. The predicted molar refractivity (Wildman–Crippen MR) is 70.8 cm³/mol. The highest BCUT2D eigenvalue weighted by Crippen LogP contribution is 2.20. The third-order valence-electron chi connectivity index (χ3n) is 2.63. The van der Waals surface area contributed by atoms with Crippen molar-refractivity contribution < 1.29 is 0 Å². The number of nitrogens with zero attached hydrogens (tertiary/aromatic N) is 3. The van der Waals surface area contributed by atoms with E-state index >= 15 is 0 Å². The Hall–Kier alpha value is -2.10. The van der Waals surface area contributed by atoms with Gasteiger partial charge in [-0.25, -0.2) is 9.97 Å². The summed E-state index contributed by atoms with van der Waals surface area (Å²) >= 11 is 0. The van der Waals surface area contributed by atoms with Gasteiger partial charge in [0, 0.05) is 25.2 Å². The highest BCUT2D eigenvalue weighted by Gasteiger charge is 2.07. The van der Waals surface area contributed by atoms with Gasteiger partial charge in [0.1, 0.15) is 11.6 Å². The zero-order valence-corrected chi connectivity index (χ0v) is 10.1. The zero-order chi connectivity index (χ0) is 12.3. The zero-order valence-electron chi connectivity index (χ0n) is 10.1. The molecule has 1 aromatic heterocycles. The smallest absolute Gasteiger partial charge is 0.163 e. The van der Waals surface area contributed by atoms with E-state index in [-0.39, 0.29) is 0 Å². The molecule has 0 aliphatic rings. The van der Waals surface area contributed by atoms with Gasteiger partial charge < -0.3 is 10.6 Å². The van der Waals surface area contributed by atoms with Gasteiger partial charge in [-0.3, -0.25) is 0 Å². The van der Waals surface area contributed by atoms with Crippen molar-refractivity contribution in [1.29, 1.82) is 0 Å². The fourth-order valence-corrected chi connectivity index (χ4v) is 1.53. The SMILES string of the molecule is CCN(C)c1cc(N)nc(-c2ccccc2)n1. The molecule has 0 bridgehead atoms. The molecule has 17 heavy (non-hydrogen) atoms. The first-order valence-electron chi connectivity index (χ1n) is 5.62. The number of nitrogen functional groups attached to an aromatic ring is 1. The van der Waals surface area contributed by atoms with E-state index in [1.807, 2.05) is 42.3 Å². The fraction of sp³-hybridized carbons (Fsp3) is 0.231. The average molecular weight is 228 g/mol. The summed E-state index contributed by atoms with van der Waals surface area (Å²) in [5.74, 6) is 2.01. The number of benzene rings is 1. The van der Waals surface area contributed by atoms with E-state index in [1.54, 1.807) is 6.07 Å². The summed E-state index contributed by atoms with van der Waals surface area (Å²) in [7, 11) is 1.98. The second kappa shape index (κ2) is 4.82. The molecule has 4 nitrogen and oxygen atoms in total. The maximum absolute atomic E-state index is 5.81. The standard InChI is InChI=1S/C13H16N4/c1-3-17(2)12-9-11(14)15-13(16-12)10-7-5-4-6-8-10/h4-9H,3H2,1-2H3,(H2,14,15,16). The summed E-state index contributed by atoms with van der Waals surface area (Å²) in [6.45, 7) is 2.95. The van der Waals surface area contributed by atoms with Crippen LogP contribution in [0.1, 0.15) is 6.92 Å². The molecule has 0 aliphatic carbocycles. The molecule has 0 spiro atoms. The monoisotopic (exact) mass is 228 g/mol. The van der Waals surface area contributed by atoms with Crippen LogP contribution in [0.15, 0.2) is 36.4 Å². The van der Waals surface area contributed by atoms with Gasteiger partial charge in [0.2, 0.25) is 0 Å². The summed E-state index contributed by atoms with van der Waals surface area (Å²) in [4.78, 5) is 10.8. The number of anilines is 2. The minimum absolute atomic E-state index is 0.495. The van der Waals surface area contributed by atoms with Crippen molar-refractivity contribution >= 4 is 11.6 Å². The minimum Gasteiger partial charge on any atom is -0.384 e. The van der Waals surface area contributed by atoms with Crippen molar-refractivity contribution in [3.8, 4) is 11.4 Å². The van der Waals surface area contributed by atoms with Gasteiger partial charge in [-0.1, -0.05) is 30.3 Å². The Morgan fingerprint density at radius 1 is 1.18 bits per heavy atom. The molecule has 4 heteroatoms. The Morgan fingerprint density at radius 3 is 2.53 bits per heavy atom. The third kappa shape index (κ3) is 2.53. The van der Waals surface area contributed by atoms with E-state index in [9.17, 15) is 0 Å². The molecular weight excluding hydrogens is 212 g/mol. The first-order chi connectivity index (χ1) is 8.20. The second-order valence-corrected chi connectivity index (χ2v) is 3.85. The molecule has 0 saturated carbocycles. The molecule has 1 aromatic carbocycles. The first-order valence-corrected chi connectivity index (χ1v) is 5.62. The molecule has 2 N–H and O–H groups in total. The second-order valence-electron chi connectivity index (χ2n) is 3.85. The number of hydrogen-bond donors (Lipinski definition) is 1. The summed E-state index contributed by atoms with van der Waals surface area (Å²) < 4.78 is 0. The van der Waals surface area contributed by atoms with Crippen LogP contribution in [0.5, 0.6) is 0 Å².